The monoisotopic (exact) mass is 633 g/mol. The second-order valence-electron chi connectivity index (χ2n) is 11.0. The summed E-state index contributed by atoms with van der Waals surface area (Å²) in [6, 6.07) is 19.6. The number of carbonyl (C=O) groups is 3. The van der Waals surface area contributed by atoms with Gasteiger partial charge in [-0.05, 0) is 74.3 Å². The lowest BCUT2D eigenvalue weighted by Gasteiger charge is -2.30. The first-order valence-electron chi connectivity index (χ1n) is 15.2. The van der Waals surface area contributed by atoms with E-state index in [0.29, 0.717) is 39.7 Å². The highest BCUT2D eigenvalue weighted by atomic mass is 35.5. The van der Waals surface area contributed by atoms with Crippen LogP contribution in [-0.4, -0.2) is 59.8 Å². The van der Waals surface area contributed by atoms with Gasteiger partial charge in [0.15, 0.2) is 17.1 Å². The van der Waals surface area contributed by atoms with Gasteiger partial charge in [0.05, 0.1) is 24.5 Å². The third-order valence-corrected chi connectivity index (χ3v) is 8.31. The zero-order valence-electron chi connectivity index (χ0n) is 25.3. The van der Waals surface area contributed by atoms with Gasteiger partial charge in [0.1, 0.15) is 5.75 Å². The number of ether oxygens (including phenoxy) is 4. The van der Waals surface area contributed by atoms with E-state index in [1.54, 1.807) is 6.07 Å². The first kappa shape index (κ1) is 32.2. The molecule has 0 aliphatic carbocycles. The lowest BCUT2D eigenvalue weighted by molar-refractivity contribution is -0.170. The molecule has 10 heteroatoms. The van der Waals surface area contributed by atoms with Gasteiger partial charge in [0.25, 0.3) is 0 Å². The van der Waals surface area contributed by atoms with Crippen molar-refractivity contribution in [2.75, 3.05) is 26.2 Å². The number of benzene rings is 3. The molecule has 0 spiro atoms. The molecule has 9 nitrogen and oxygen atoms in total. The lowest BCUT2D eigenvalue weighted by Crippen LogP contribution is -2.48. The molecule has 0 fully saturated rings. The number of fused-ring (bicyclic) bond motifs is 2. The maximum Gasteiger partial charge on any atom is 0.345 e. The Morgan fingerprint density at radius 3 is 2.20 bits per heavy atom. The summed E-state index contributed by atoms with van der Waals surface area (Å²) < 4.78 is 22.6. The van der Waals surface area contributed by atoms with Gasteiger partial charge in [-0.3, -0.25) is 9.59 Å². The first-order chi connectivity index (χ1) is 21.7. The van der Waals surface area contributed by atoms with E-state index in [4.69, 9.17) is 30.5 Å². The van der Waals surface area contributed by atoms with Crippen LogP contribution in [-0.2, 0) is 14.4 Å². The van der Waals surface area contributed by atoms with Gasteiger partial charge in [-0.15, -0.1) is 0 Å². The molecular weight excluding hydrogens is 598 g/mol. The predicted molar refractivity (Wildman–Crippen MR) is 169 cm³/mol. The molecule has 236 valence electrons. The molecule has 0 aromatic heterocycles. The molecular formula is C35H36ClNO8. The molecule has 0 saturated carbocycles. The Bertz CT molecular complexity index is 1580. The van der Waals surface area contributed by atoms with Crippen LogP contribution < -0.4 is 18.9 Å². The predicted octanol–water partition coefficient (Wildman–Crippen LogP) is 5.99. The summed E-state index contributed by atoms with van der Waals surface area (Å²) in [5, 5.41) is 11.1. The van der Waals surface area contributed by atoms with Crippen LogP contribution in [0.1, 0.15) is 62.6 Å². The smallest absolute Gasteiger partial charge is 0.345 e. The highest BCUT2D eigenvalue weighted by Gasteiger charge is 2.48. The van der Waals surface area contributed by atoms with Crippen molar-refractivity contribution < 1.29 is 38.4 Å². The lowest BCUT2D eigenvalue weighted by atomic mass is 9.92. The number of halogens is 1. The van der Waals surface area contributed by atoms with Crippen molar-refractivity contribution >= 4 is 40.1 Å². The van der Waals surface area contributed by atoms with Gasteiger partial charge in [-0.1, -0.05) is 67.9 Å². The van der Waals surface area contributed by atoms with Crippen molar-refractivity contribution in [1.82, 2.24) is 4.90 Å². The van der Waals surface area contributed by atoms with E-state index >= 15 is 0 Å². The van der Waals surface area contributed by atoms with Crippen LogP contribution in [0, 0.1) is 0 Å². The average molecular weight is 634 g/mol. The molecule has 0 amide bonds. The van der Waals surface area contributed by atoms with Crippen molar-refractivity contribution in [2.24, 2.45) is 0 Å². The van der Waals surface area contributed by atoms with E-state index in [9.17, 15) is 19.5 Å². The van der Waals surface area contributed by atoms with E-state index in [1.165, 1.54) is 6.07 Å². The molecule has 2 aliphatic rings. The van der Waals surface area contributed by atoms with E-state index in [-0.39, 0.29) is 17.2 Å². The second-order valence-corrected chi connectivity index (χ2v) is 11.4. The molecule has 2 heterocycles. The van der Waals surface area contributed by atoms with E-state index in [1.807, 2.05) is 54.6 Å². The van der Waals surface area contributed by atoms with Crippen LogP contribution in [0.15, 0.2) is 66.7 Å². The van der Waals surface area contributed by atoms with E-state index < -0.39 is 36.4 Å². The normalized spacial score (nSPS) is 18.2. The second kappa shape index (κ2) is 14.3. The summed E-state index contributed by atoms with van der Waals surface area (Å²) in [4.78, 5) is 40.9. The topological polar surface area (TPSA) is 112 Å². The third kappa shape index (κ3) is 7.39. The van der Waals surface area contributed by atoms with Crippen molar-refractivity contribution in [3.8, 4) is 23.0 Å². The quantitative estimate of drug-likeness (QED) is 0.111. The summed E-state index contributed by atoms with van der Waals surface area (Å²) in [6.07, 6.45) is 1.59. The molecule has 1 atom stereocenters. The van der Waals surface area contributed by atoms with E-state index in [2.05, 4.69) is 18.7 Å². The van der Waals surface area contributed by atoms with Gasteiger partial charge in [-0.2, -0.15) is 0 Å². The van der Waals surface area contributed by atoms with Crippen LogP contribution in [0.25, 0.3) is 10.6 Å². The maximum absolute atomic E-state index is 13.0. The molecule has 45 heavy (non-hydrogen) atoms. The van der Waals surface area contributed by atoms with Gasteiger partial charge >= 0.3 is 17.9 Å². The van der Waals surface area contributed by atoms with Crippen molar-refractivity contribution in [2.45, 2.75) is 51.6 Å². The Kier molecular flexibility index (Phi) is 10.2. The van der Waals surface area contributed by atoms with Gasteiger partial charge in [0.2, 0.25) is 5.75 Å². The third-order valence-electron chi connectivity index (χ3n) is 7.90. The Morgan fingerprint density at radius 2 is 1.51 bits per heavy atom. The number of hydrogen-bond acceptors (Lipinski definition) is 9. The van der Waals surface area contributed by atoms with Crippen LogP contribution in [0.2, 0.25) is 0 Å². The van der Waals surface area contributed by atoms with Crippen LogP contribution >= 0.6 is 11.6 Å². The Hall–Kier alpha value is -4.18. The largest absolute Gasteiger partial charge is 0.494 e. The zero-order valence-corrected chi connectivity index (χ0v) is 26.1. The summed E-state index contributed by atoms with van der Waals surface area (Å²) in [5.74, 6) is -2.84. The number of rotatable bonds is 12. The minimum atomic E-state index is -2.42. The SMILES string of the molecule is CCN(CC)CCCCCOc1ccc(/C(=C(/Cl)c2ccccc2)c2ccc3c4c2OC(=O)CC(O)(CC(=O)O3)C(=O)O4)cc1. The maximum atomic E-state index is 13.0. The highest BCUT2D eigenvalue weighted by Crippen LogP contribution is 2.49. The molecule has 1 unspecified atom stereocenters. The highest BCUT2D eigenvalue weighted by molar-refractivity contribution is 6.53. The number of nitrogens with zero attached hydrogens (tertiary/aromatic N) is 1. The summed E-state index contributed by atoms with van der Waals surface area (Å²) >= 11 is 7.06. The minimum Gasteiger partial charge on any atom is -0.494 e. The molecule has 0 radical (unpaired) electrons. The fraction of sp³-hybridized carbons (Fsp3) is 0.343. The number of carbonyl (C=O) groups excluding carboxylic acids is 3. The number of aliphatic hydroxyl groups is 1. The fourth-order valence-electron chi connectivity index (χ4n) is 5.39. The molecule has 3 aromatic rings. The summed E-state index contributed by atoms with van der Waals surface area (Å²) in [6.45, 7) is 8.14. The Balaban J connectivity index is 1.48. The summed E-state index contributed by atoms with van der Waals surface area (Å²) in [7, 11) is 0. The van der Waals surface area contributed by atoms with Crippen molar-refractivity contribution in [3.63, 3.8) is 0 Å². The van der Waals surface area contributed by atoms with Crippen molar-refractivity contribution in [3.05, 3.63) is 83.4 Å². The van der Waals surface area contributed by atoms with Crippen LogP contribution in [0.5, 0.6) is 23.0 Å². The molecule has 0 saturated heterocycles. The number of unbranched alkanes of at least 4 members (excludes halogenated alkanes) is 2. The Labute approximate surface area is 267 Å². The average Bonchev–Trinajstić information content (AvgIpc) is 3.03. The van der Waals surface area contributed by atoms with Crippen LogP contribution in [0.4, 0.5) is 0 Å². The van der Waals surface area contributed by atoms with Gasteiger partial charge < -0.3 is 29.0 Å². The van der Waals surface area contributed by atoms with Gasteiger partial charge in [0, 0.05) is 11.1 Å². The first-order valence-corrected chi connectivity index (χ1v) is 15.5. The minimum absolute atomic E-state index is 0.125. The summed E-state index contributed by atoms with van der Waals surface area (Å²) in [5.41, 5.74) is -0.283. The van der Waals surface area contributed by atoms with Gasteiger partial charge in [-0.25, -0.2) is 4.79 Å². The van der Waals surface area contributed by atoms with Crippen molar-refractivity contribution in [1.29, 1.82) is 0 Å². The molecule has 1 N–H and O–H groups in total. The molecule has 2 bridgehead atoms. The molecule has 2 aliphatic heterocycles. The van der Waals surface area contributed by atoms with Crippen LogP contribution in [0.3, 0.4) is 0 Å². The molecule has 3 aromatic carbocycles. The molecule has 5 rings (SSSR count). The fourth-order valence-corrected chi connectivity index (χ4v) is 5.73. The zero-order chi connectivity index (χ0) is 32.0. The number of hydrogen-bond donors (Lipinski definition) is 1. The number of esters is 3. The van der Waals surface area contributed by atoms with E-state index in [0.717, 1.165) is 38.9 Å². The standard InChI is InChI=1S/C35H36ClNO8/c1-3-37(4-2)19-9-6-10-20-42-25-15-13-23(14-16-25)30(31(36)24-11-7-5-8-12-24)26-17-18-27-33-32(26)44-29(39)22-35(41,34(40)45-33)21-28(38)43-27/h5,7-8,11-18,41H,3-4,6,9-10,19-22H2,1-2H3/b31-30-. The Morgan fingerprint density at radius 1 is 0.822 bits per heavy atom.